The van der Waals surface area contributed by atoms with Gasteiger partial charge >= 0.3 is 0 Å². The fourth-order valence-corrected chi connectivity index (χ4v) is 5.93. The number of benzene rings is 3. The first-order chi connectivity index (χ1) is 15.4. The number of nitrogens with zero attached hydrogens (tertiary/aromatic N) is 2. The molecule has 0 bridgehead atoms. The molecule has 0 spiro atoms. The number of carbonyl (C=O) groups is 1. The average Bonchev–Trinajstić information content (AvgIpc) is 3.13. The van der Waals surface area contributed by atoms with Crippen molar-refractivity contribution in [3.63, 3.8) is 0 Å². The van der Waals surface area contributed by atoms with Crippen LogP contribution in [0.5, 0.6) is 5.75 Å². The molecule has 0 aliphatic carbocycles. The highest BCUT2D eigenvalue weighted by Gasteiger charge is 2.42. The molecule has 0 unspecified atom stereocenters. The molecule has 0 radical (unpaired) electrons. The second kappa shape index (κ2) is 7.67. The zero-order chi connectivity index (χ0) is 22.5. The fraction of sp³-hybridized carbons (Fsp3) is 0.240. The van der Waals surface area contributed by atoms with Gasteiger partial charge in [-0.2, -0.15) is 0 Å². The van der Waals surface area contributed by atoms with Crippen LogP contribution in [0.4, 0.5) is 11.4 Å². The van der Waals surface area contributed by atoms with Crippen LogP contribution in [0.3, 0.4) is 0 Å². The maximum atomic E-state index is 13.6. The number of ether oxygens (including phenoxy) is 1. The Hall–Kier alpha value is -3.32. The second-order valence-corrected chi connectivity index (χ2v) is 10.2. The van der Waals surface area contributed by atoms with E-state index in [4.69, 9.17) is 4.74 Å². The molecule has 0 aromatic heterocycles. The number of aryl methyl sites for hydroxylation is 1. The second-order valence-electron chi connectivity index (χ2n) is 8.31. The number of hydrogen-bond donors (Lipinski definition) is 0. The van der Waals surface area contributed by atoms with Gasteiger partial charge in [0.1, 0.15) is 5.75 Å². The molecule has 7 heteroatoms. The van der Waals surface area contributed by atoms with Crippen molar-refractivity contribution in [2.75, 3.05) is 15.7 Å². The Labute approximate surface area is 188 Å². The zero-order valence-corrected chi connectivity index (χ0v) is 18.7. The summed E-state index contributed by atoms with van der Waals surface area (Å²) in [5.74, 6) is 0.147. The van der Waals surface area contributed by atoms with Crippen molar-refractivity contribution in [2.24, 2.45) is 0 Å². The van der Waals surface area contributed by atoms with E-state index in [0.29, 0.717) is 11.4 Å². The van der Waals surface area contributed by atoms with E-state index in [1.807, 2.05) is 38.1 Å². The Morgan fingerprint density at radius 3 is 2.34 bits per heavy atom. The number of anilines is 2. The van der Waals surface area contributed by atoms with Gasteiger partial charge in [0.15, 0.2) is 6.10 Å². The molecule has 2 atom stereocenters. The quantitative estimate of drug-likeness (QED) is 0.609. The van der Waals surface area contributed by atoms with E-state index in [1.54, 1.807) is 53.4 Å². The van der Waals surface area contributed by atoms with Crippen molar-refractivity contribution >= 4 is 27.3 Å². The molecule has 2 aliphatic heterocycles. The summed E-state index contributed by atoms with van der Waals surface area (Å²) in [4.78, 5) is 15.5. The molecule has 5 rings (SSSR count). The number of para-hydroxylation sites is 3. The molecule has 1 amide bonds. The van der Waals surface area contributed by atoms with Gasteiger partial charge in [0, 0.05) is 11.7 Å². The molecule has 2 aliphatic rings. The number of sulfonamides is 1. The van der Waals surface area contributed by atoms with Gasteiger partial charge in [-0.05, 0) is 56.2 Å². The van der Waals surface area contributed by atoms with Gasteiger partial charge in [-0.15, -0.1) is 0 Å². The zero-order valence-electron chi connectivity index (χ0n) is 17.9. The van der Waals surface area contributed by atoms with Crippen LogP contribution in [-0.2, 0) is 21.2 Å². The number of hydrogen-bond acceptors (Lipinski definition) is 4. The van der Waals surface area contributed by atoms with Gasteiger partial charge in [0.05, 0.1) is 17.1 Å². The van der Waals surface area contributed by atoms with Crippen molar-refractivity contribution in [1.29, 1.82) is 0 Å². The van der Waals surface area contributed by atoms with Crippen molar-refractivity contribution in [3.05, 3.63) is 83.9 Å². The van der Waals surface area contributed by atoms with Crippen molar-refractivity contribution in [3.8, 4) is 5.75 Å². The Bertz CT molecular complexity index is 1290. The lowest BCUT2D eigenvalue weighted by Gasteiger charge is -2.37. The minimum Gasteiger partial charge on any atom is -0.476 e. The van der Waals surface area contributed by atoms with E-state index in [2.05, 4.69) is 0 Å². The summed E-state index contributed by atoms with van der Waals surface area (Å²) in [5, 5.41) is 0. The van der Waals surface area contributed by atoms with E-state index in [-0.39, 0.29) is 23.4 Å². The number of carbonyl (C=O) groups excluding carboxylic acids is 1. The number of fused-ring (bicyclic) bond motifs is 2. The molecule has 0 saturated carbocycles. The van der Waals surface area contributed by atoms with E-state index in [0.717, 1.165) is 23.2 Å². The van der Waals surface area contributed by atoms with Crippen LogP contribution >= 0.6 is 0 Å². The van der Waals surface area contributed by atoms with Crippen LogP contribution in [-0.4, -0.2) is 33.0 Å². The highest BCUT2D eigenvalue weighted by molar-refractivity contribution is 7.92. The van der Waals surface area contributed by atoms with Crippen molar-refractivity contribution in [2.45, 2.75) is 37.3 Å². The lowest BCUT2D eigenvalue weighted by atomic mass is 10.1. The van der Waals surface area contributed by atoms with Crippen molar-refractivity contribution < 1.29 is 17.9 Å². The van der Waals surface area contributed by atoms with Gasteiger partial charge in [0.2, 0.25) is 0 Å². The van der Waals surface area contributed by atoms with E-state index < -0.39 is 16.1 Å². The van der Waals surface area contributed by atoms with Gasteiger partial charge < -0.3 is 9.64 Å². The van der Waals surface area contributed by atoms with Gasteiger partial charge in [-0.25, -0.2) is 8.42 Å². The number of amides is 1. The molecule has 0 saturated heterocycles. The smallest absolute Gasteiger partial charge is 0.270 e. The first-order valence-corrected chi connectivity index (χ1v) is 12.1. The first-order valence-electron chi connectivity index (χ1n) is 10.6. The molecule has 2 heterocycles. The van der Waals surface area contributed by atoms with Gasteiger partial charge in [0.25, 0.3) is 15.9 Å². The van der Waals surface area contributed by atoms with E-state index in [1.165, 1.54) is 4.31 Å². The monoisotopic (exact) mass is 448 g/mol. The fourth-order valence-electron chi connectivity index (χ4n) is 4.45. The summed E-state index contributed by atoms with van der Waals surface area (Å²) < 4.78 is 34.5. The van der Waals surface area contributed by atoms with E-state index >= 15 is 0 Å². The lowest BCUT2D eigenvalue weighted by Crippen LogP contribution is -2.53. The van der Waals surface area contributed by atoms with Gasteiger partial charge in [-0.3, -0.25) is 9.10 Å². The minimum absolute atomic E-state index is 0.0252. The van der Waals surface area contributed by atoms with Gasteiger partial charge in [-0.1, -0.05) is 48.0 Å². The molecule has 32 heavy (non-hydrogen) atoms. The number of rotatable bonds is 3. The third-order valence-corrected chi connectivity index (χ3v) is 7.86. The summed E-state index contributed by atoms with van der Waals surface area (Å²) in [7, 11) is -3.87. The highest BCUT2D eigenvalue weighted by Crippen LogP contribution is 2.39. The normalized spacial score (nSPS) is 19.8. The lowest BCUT2D eigenvalue weighted by molar-refractivity contribution is -0.125. The van der Waals surface area contributed by atoms with Crippen LogP contribution in [0, 0.1) is 6.92 Å². The van der Waals surface area contributed by atoms with E-state index in [9.17, 15) is 13.2 Å². The summed E-state index contributed by atoms with van der Waals surface area (Å²) in [6.07, 6.45) is -0.185. The molecular formula is C25H24N2O4S. The maximum absolute atomic E-state index is 13.6. The predicted octanol–water partition coefficient (Wildman–Crippen LogP) is 3.93. The molecular weight excluding hydrogens is 424 g/mol. The molecule has 3 aromatic rings. The predicted molar refractivity (Wildman–Crippen MR) is 124 cm³/mol. The summed E-state index contributed by atoms with van der Waals surface area (Å²) in [6.45, 7) is 3.82. The van der Waals surface area contributed by atoms with Crippen molar-refractivity contribution in [1.82, 2.24) is 0 Å². The standard InChI is InChI=1S/C25H24N2O4S/c1-17-11-13-20(14-12-17)32(29,30)26-16-24(31-23-10-6-5-9-22(23)26)25(28)27-18(2)15-19-7-3-4-8-21(19)27/h3-14,18,24H,15-16H2,1-2H3/t18-,24+/m0/s1. The third kappa shape index (κ3) is 3.33. The summed E-state index contributed by atoms with van der Waals surface area (Å²) in [6, 6.07) is 21.5. The van der Waals surface area contributed by atoms with Crippen LogP contribution < -0.4 is 13.9 Å². The Morgan fingerprint density at radius 2 is 1.59 bits per heavy atom. The summed E-state index contributed by atoms with van der Waals surface area (Å²) >= 11 is 0. The Kier molecular flexibility index (Phi) is 4.93. The highest BCUT2D eigenvalue weighted by atomic mass is 32.2. The maximum Gasteiger partial charge on any atom is 0.270 e. The molecule has 0 N–H and O–H groups in total. The third-order valence-electron chi connectivity index (χ3n) is 6.06. The van der Waals surface area contributed by atoms with Crippen LogP contribution in [0.15, 0.2) is 77.7 Å². The molecule has 3 aromatic carbocycles. The molecule has 0 fully saturated rings. The molecule has 164 valence electrons. The molecule has 6 nitrogen and oxygen atoms in total. The minimum atomic E-state index is -3.87. The van der Waals surface area contributed by atoms with Crippen LogP contribution in [0.25, 0.3) is 0 Å². The Balaban J connectivity index is 1.53. The van der Waals surface area contributed by atoms with Crippen LogP contribution in [0.1, 0.15) is 18.1 Å². The largest absolute Gasteiger partial charge is 0.476 e. The first kappa shape index (κ1) is 20.6. The Morgan fingerprint density at radius 1 is 0.938 bits per heavy atom. The topological polar surface area (TPSA) is 66.9 Å². The average molecular weight is 449 g/mol. The SMILES string of the molecule is Cc1ccc(S(=O)(=O)N2C[C@H](C(=O)N3c4ccccc4C[C@@H]3C)Oc3ccccc32)cc1. The summed E-state index contributed by atoms with van der Waals surface area (Å²) in [5.41, 5.74) is 3.38. The van der Waals surface area contributed by atoms with Crippen LogP contribution in [0.2, 0.25) is 0 Å².